The number of aliphatic carboxylic acids is 1. The number of carbonyl (C=O) groups is 1. The van der Waals surface area contributed by atoms with Crippen molar-refractivity contribution in [3.05, 3.63) is 0 Å². The van der Waals surface area contributed by atoms with Crippen molar-refractivity contribution in [1.29, 1.82) is 0 Å². The van der Waals surface area contributed by atoms with E-state index >= 15 is 0 Å². The summed E-state index contributed by atoms with van der Waals surface area (Å²) in [6.45, 7) is 5.94. The van der Waals surface area contributed by atoms with E-state index < -0.39 is 21.9 Å². The summed E-state index contributed by atoms with van der Waals surface area (Å²) in [5.74, 6) is -1.02. The van der Waals surface area contributed by atoms with Crippen LogP contribution in [0.1, 0.15) is 40.0 Å². The monoisotopic (exact) mass is 277 g/mol. The lowest BCUT2D eigenvalue weighted by Crippen LogP contribution is -2.48. The average molecular weight is 277 g/mol. The molecule has 0 amide bonds. The molecule has 0 saturated carbocycles. The number of sulfonamides is 1. The zero-order chi connectivity index (χ0) is 13.9. The van der Waals surface area contributed by atoms with Crippen LogP contribution >= 0.6 is 0 Å². The lowest BCUT2D eigenvalue weighted by atomic mass is 9.96. The maximum atomic E-state index is 12.2. The molecule has 2 unspecified atom stereocenters. The molecule has 2 atom stereocenters. The second-order valence-electron chi connectivity index (χ2n) is 5.53. The van der Waals surface area contributed by atoms with Crippen molar-refractivity contribution in [2.45, 2.75) is 46.1 Å². The first-order valence-corrected chi connectivity index (χ1v) is 8.07. The van der Waals surface area contributed by atoms with Crippen LogP contribution in [0.25, 0.3) is 0 Å². The molecule has 1 fully saturated rings. The fourth-order valence-electron chi connectivity index (χ4n) is 2.17. The largest absolute Gasteiger partial charge is 0.481 e. The number of rotatable bonds is 5. The van der Waals surface area contributed by atoms with Crippen molar-refractivity contribution >= 4 is 16.0 Å². The minimum absolute atomic E-state index is 0.0854. The zero-order valence-electron chi connectivity index (χ0n) is 11.3. The van der Waals surface area contributed by atoms with Gasteiger partial charge in [0.25, 0.3) is 0 Å². The van der Waals surface area contributed by atoms with E-state index in [2.05, 4.69) is 0 Å². The third-order valence-electron chi connectivity index (χ3n) is 3.48. The van der Waals surface area contributed by atoms with Crippen molar-refractivity contribution in [3.63, 3.8) is 0 Å². The molecule has 0 aromatic heterocycles. The average Bonchev–Trinajstić information content (AvgIpc) is 2.26. The van der Waals surface area contributed by atoms with Gasteiger partial charge in [-0.2, -0.15) is 4.31 Å². The predicted molar refractivity (Wildman–Crippen MR) is 69.8 cm³/mol. The second kappa shape index (κ2) is 6.02. The highest BCUT2D eigenvalue weighted by Gasteiger charge is 2.36. The van der Waals surface area contributed by atoms with Crippen LogP contribution in [0.3, 0.4) is 0 Å². The van der Waals surface area contributed by atoms with E-state index in [0.717, 1.165) is 0 Å². The molecular weight excluding hydrogens is 254 g/mol. The molecule has 6 heteroatoms. The Bertz CT molecular complexity index is 391. The fourth-order valence-corrected chi connectivity index (χ4v) is 4.23. The molecule has 0 bridgehead atoms. The summed E-state index contributed by atoms with van der Waals surface area (Å²) in [6, 6.07) is -0.0854. The molecule has 1 aliphatic heterocycles. The van der Waals surface area contributed by atoms with Crippen LogP contribution in [0.15, 0.2) is 0 Å². The van der Waals surface area contributed by atoms with Crippen molar-refractivity contribution < 1.29 is 18.3 Å². The van der Waals surface area contributed by atoms with E-state index in [1.165, 1.54) is 4.31 Å². The quantitative estimate of drug-likeness (QED) is 0.827. The standard InChI is InChI=1S/C12H23NO4S/c1-9(2)6-7-18(16,17)13-8-11(12(14)15)5-4-10(13)3/h9-11H,4-8H2,1-3H3,(H,14,15). The van der Waals surface area contributed by atoms with Crippen LogP contribution < -0.4 is 0 Å². The van der Waals surface area contributed by atoms with Gasteiger partial charge in [-0.05, 0) is 32.1 Å². The maximum absolute atomic E-state index is 12.2. The Labute approximate surface area is 109 Å². The highest BCUT2D eigenvalue weighted by atomic mass is 32.2. The van der Waals surface area contributed by atoms with Gasteiger partial charge in [0, 0.05) is 12.6 Å². The molecule has 0 spiro atoms. The summed E-state index contributed by atoms with van der Waals surface area (Å²) >= 11 is 0. The Hall–Kier alpha value is -0.620. The summed E-state index contributed by atoms with van der Waals surface area (Å²) in [5, 5.41) is 9.00. The van der Waals surface area contributed by atoms with E-state index in [9.17, 15) is 13.2 Å². The summed E-state index contributed by atoms with van der Waals surface area (Å²) in [7, 11) is -3.32. The first-order chi connectivity index (χ1) is 8.24. The Morgan fingerprint density at radius 2 is 2.00 bits per heavy atom. The second-order valence-corrected chi connectivity index (χ2v) is 7.57. The van der Waals surface area contributed by atoms with Crippen molar-refractivity contribution in [2.24, 2.45) is 11.8 Å². The first kappa shape index (κ1) is 15.4. The van der Waals surface area contributed by atoms with Crippen molar-refractivity contribution in [3.8, 4) is 0 Å². The number of carboxylic acids is 1. The van der Waals surface area contributed by atoms with Crippen LogP contribution in [0.2, 0.25) is 0 Å². The molecule has 0 aromatic carbocycles. The minimum Gasteiger partial charge on any atom is -0.481 e. The normalized spacial score (nSPS) is 26.4. The fraction of sp³-hybridized carbons (Fsp3) is 0.917. The van der Waals surface area contributed by atoms with E-state index in [-0.39, 0.29) is 18.3 Å². The van der Waals surface area contributed by atoms with E-state index in [1.54, 1.807) is 0 Å². The SMILES string of the molecule is CC(C)CCS(=O)(=O)N1CC(C(=O)O)CCC1C. The lowest BCUT2D eigenvalue weighted by Gasteiger charge is -2.35. The number of nitrogens with zero attached hydrogens (tertiary/aromatic N) is 1. The molecule has 1 aliphatic rings. The summed E-state index contributed by atoms with van der Waals surface area (Å²) in [4.78, 5) is 11.0. The molecule has 1 N–H and O–H groups in total. The highest BCUT2D eigenvalue weighted by Crippen LogP contribution is 2.25. The Balaban J connectivity index is 2.75. The van der Waals surface area contributed by atoms with Crippen LogP contribution in [0.4, 0.5) is 0 Å². The number of piperidine rings is 1. The van der Waals surface area contributed by atoms with Gasteiger partial charge in [-0.3, -0.25) is 4.79 Å². The molecule has 1 rings (SSSR count). The highest BCUT2D eigenvalue weighted by molar-refractivity contribution is 7.89. The Morgan fingerprint density at radius 1 is 1.39 bits per heavy atom. The molecular formula is C12H23NO4S. The van der Waals surface area contributed by atoms with Crippen LogP contribution in [0, 0.1) is 11.8 Å². The number of hydrogen-bond acceptors (Lipinski definition) is 3. The van der Waals surface area contributed by atoms with Gasteiger partial charge in [0.1, 0.15) is 0 Å². The maximum Gasteiger partial charge on any atom is 0.307 e. The van der Waals surface area contributed by atoms with Crippen LogP contribution in [-0.2, 0) is 14.8 Å². The molecule has 1 heterocycles. The molecule has 0 radical (unpaired) electrons. The summed E-state index contributed by atoms with van der Waals surface area (Å²) < 4.78 is 25.8. The zero-order valence-corrected chi connectivity index (χ0v) is 12.1. The molecule has 106 valence electrons. The Kier molecular flexibility index (Phi) is 5.16. The summed E-state index contributed by atoms with van der Waals surface area (Å²) in [5.41, 5.74) is 0. The van der Waals surface area contributed by atoms with E-state index in [0.29, 0.717) is 25.2 Å². The summed E-state index contributed by atoms with van der Waals surface area (Å²) in [6.07, 6.45) is 1.80. The lowest BCUT2D eigenvalue weighted by molar-refractivity contribution is -0.143. The van der Waals surface area contributed by atoms with Gasteiger partial charge in [-0.15, -0.1) is 0 Å². The van der Waals surface area contributed by atoms with E-state index in [4.69, 9.17) is 5.11 Å². The van der Waals surface area contributed by atoms with Gasteiger partial charge in [0.15, 0.2) is 0 Å². The molecule has 18 heavy (non-hydrogen) atoms. The van der Waals surface area contributed by atoms with Crippen LogP contribution in [-0.4, -0.2) is 42.1 Å². The van der Waals surface area contributed by atoms with Gasteiger partial charge in [0.05, 0.1) is 11.7 Å². The predicted octanol–water partition coefficient (Wildman–Crippen LogP) is 1.55. The molecule has 5 nitrogen and oxygen atoms in total. The third kappa shape index (κ3) is 3.95. The molecule has 0 aliphatic carbocycles. The van der Waals surface area contributed by atoms with E-state index in [1.807, 2.05) is 20.8 Å². The smallest absolute Gasteiger partial charge is 0.307 e. The third-order valence-corrected chi connectivity index (χ3v) is 5.46. The number of carboxylic acid groups (broad SMARTS) is 1. The van der Waals surface area contributed by atoms with Gasteiger partial charge < -0.3 is 5.11 Å². The van der Waals surface area contributed by atoms with Crippen molar-refractivity contribution in [2.75, 3.05) is 12.3 Å². The number of hydrogen-bond donors (Lipinski definition) is 1. The van der Waals surface area contributed by atoms with Gasteiger partial charge in [-0.1, -0.05) is 13.8 Å². The topological polar surface area (TPSA) is 74.7 Å². The van der Waals surface area contributed by atoms with Gasteiger partial charge >= 0.3 is 5.97 Å². The Morgan fingerprint density at radius 3 is 2.50 bits per heavy atom. The van der Waals surface area contributed by atoms with Crippen molar-refractivity contribution in [1.82, 2.24) is 4.31 Å². The van der Waals surface area contributed by atoms with Gasteiger partial charge in [-0.25, -0.2) is 8.42 Å². The molecule has 1 saturated heterocycles. The minimum atomic E-state index is -3.32. The molecule has 0 aromatic rings. The first-order valence-electron chi connectivity index (χ1n) is 6.46. The van der Waals surface area contributed by atoms with Crippen LogP contribution in [0.5, 0.6) is 0 Å². The van der Waals surface area contributed by atoms with Gasteiger partial charge in [0.2, 0.25) is 10.0 Å².